The van der Waals surface area contributed by atoms with Gasteiger partial charge in [0.2, 0.25) is 5.95 Å². The van der Waals surface area contributed by atoms with Gasteiger partial charge in [-0.3, -0.25) is 4.98 Å². The number of carbonyl (C=O) groups excluding carboxylic acids is 1. The van der Waals surface area contributed by atoms with Gasteiger partial charge in [-0.2, -0.15) is 13.2 Å². The predicted octanol–water partition coefficient (Wildman–Crippen LogP) is 3.93. The number of hydrogen-bond donors (Lipinski definition) is 1. The first-order chi connectivity index (χ1) is 12.9. The standard InChI is InChI=1S/C16H12F3N5O2S/c1-2-26-13(25)12-11(10-8-9(4-7-20-10)16(17,18)19)23-15(27-12)24-14-21-5-3-6-22-14/h3-8H,2H2,1H3,(H,21,22,23,24). The van der Waals surface area contributed by atoms with Crippen LogP contribution in [0.5, 0.6) is 0 Å². The van der Waals surface area contributed by atoms with Crippen LogP contribution >= 0.6 is 11.3 Å². The van der Waals surface area contributed by atoms with Crippen LogP contribution < -0.4 is 5.32 Å². The van der Waals surface area contributed by atoms with E-state index in [9.17, 15) is 18.0 Å². The van der Waals surface area contributed by atoms with E-state index in [2.05, 4.69) is 25.3 Å². The van der Waals surface area contributed by atoms with E-state index in [1.165, 1.54) is 12.4 Å². The van der Waals surface area contributed by atoms with Crippen LogP contribution in [0.1, 0.15) is 22.2 Å². The molecule has 0 spiro atoms. The molecule has 0 radical (unpaired) electrons. The minimum atomic E-state index is -4.54. The number of thiazole rings is 1. The molecule has 0 amide bonds. The Bertz CT molecular complexity index is 947. The Morgan fingerprint density at radius 3 is 2.63 bits per heavy atom. The number of aromatic nitrogens is 4. The van der Waals surface area contributed by atoms with E-state index in [0.29, 0.717) is 0 Å². The van der Waals surface area contributed by atoms with Crippen LogP contribution in [0.25, 0.3) is 11.4 Å². The number of halogens is 3. The molecule has 0 unspecified atom stereocenters. The molecule has 140 valence electrons. The summed E-state index contributed by atoms with van der Waals surface area (Å²) in [6.07, 6.45) is -0.522. The number of esters is 1. The van der Waals surface area contributed by atoms with Gasteiger partial charge >= 0.3 is 12.1 Å². The first-order valence-electron chi connectivity index (χ1n) is 7.64. The molecule has 27 heavy (non-hydrogen) atoms. The highest BCUT2D eigenvalue weighted by Crippen LogP contribution is 2.35. The highest BCUT2D eigenvalue weighted by Gasteiger charge is 2.32. The molecule has 0 bridgehead atoms. The van der Waals surface area contributed by atoms with Crippen LogP contribution in [0.3, 0.4) is 0 Å². The van der Waals surface area contributed by atoms with Gasteiger partial charge in [-0.1, -0.05) is 11.3 Å². The summed E-state index contributed by atoms with van der Waals surface area (Å²) >= 11 is 0.913. The number of hydrogen-bond acceptors (Lipinski definition) is 8. The molecule has 0 aliphatic carbocycles. The summed E-state index contributed by atoms with van der Waals surface area (Å²) in [5.41, 5.74) is -0.995. The van der Waals surface area contributed by atoms with Crippen LogP contribution in [0, 0.1) is 0 Å². The van der Waals surface area contributed by atoms with Crippen molar-refractivity contribution in [2.24, 2.45) is 0 Å². The van der Waals surface area contributed by atoms with Gasteiger partial charge in [0.05, 0.1) is 17.9 Å². The maximum atomic E-state index is 13.0. The molecule has 0 saturated heterocycles. The normalized spacial score (nSPS) is 11.3. The molecule has 0 atom stereocenters. The summed E-state index contributed by atoms with van der Waals surface area (Å²) < 4.78 is 43.9. The van der Waals surface area contributed by atoms with Crippen LogP contribution in [0.4, 0.5) is 24.3 Å². The van der Waals surface area contributed by atoms with Gasteiger partial charge < -0.3 is 10.1 Å². The van der Waals surface area contributed by atoms with Crippen LogP contribution in [0.15, 0.2) is 36.8 Å². The zero-order chi connectivity index (χ0) is 19.4. The number of carbonyl (C=O) groups is 1. The molecule has 3 aromatic rings. The summed E-state index contributed by atoms with van der Waals surface area (Å²) in [5, 5.41) is 3.02. The Kier molecular flexibility index (Phi) is 5.31. The minimum absolute atomic E-state index is 0.0111. The summed E-state index contributed by atoms with van der Waals surface area (Å²) in [4.78, 5) is 28.3. The second-order valence-corrected chi connectivity index (χ2v) is 6.04. The Balaban J connectivity index is 2.04. The number of rotatable bonds is 5. The van der Waals surface area contributed by atoms with E-state index >= 15 is 0 Å². The van der Waals surface area contributed by atoms with Gasteiger partial charge in [-0.15, -0.1) is 0 Å². The molecule has 11 heteroatoms. The highest BCUT2D eigenvalue weighted by molar-refractivity contribution is 7.18. The average Bonchev–Trinajstić information content (AvgIpc) is 3.06. The fourth-order valence-electron chi connectivity index (χ4n) is 2.08. The Labute approximate surface area is 155 Å². The second kappa shape index (κ2) is 7.66. The maximum Gasteiger partial charge on any atom is 0.416 e. The lowest BCUT2D eigenvalue weighted by molar-refractivity contribution is -0.137. The minimum Gasteiger partial charge on any atom is -0.462 e. The third-order valence-corrected chi connectivity index (χ3v) is 4.15. The lowest BCUT2D eigenvalue weighted by Crippen LogP contribution is -2.07. The molecular formula is C16H12F3N5O2S. The molecule has 1 N–H and O–H groups in total. The molecule has 0 aliphatic heterocycles. The van der Waals surface area contributed by atoms with Crippen molar-refractivity contribution >= 4 is 28.4 Å². The van der Waals surface area contributed by atoms with Crippen molar-refractivity contribution in [3.8, 4) is 11.4 Å². The first kappa shape index (κ1) is 18.7. The van der Waals surface area contributed by atoms with Crippen LogP contribution in [-0.2, 0) is 10.9 Å². The molecular weight excluding hydrogens is 383 g/mol. The maximum absolute atomic E-state index is 13.0. The number of alkyl halides is 3. The largest absolute Gasteiger partial charge is 0.462 e. The van der Waals surface area contributed by atoms with Crippen molar-refractivity contribution in [2.45, 2.75) is 13.1 Å². The van der Waals surface area contributed by atoms with Crippen molar-refractivity contribution in [1.29, 1.82) is 0 Å². The quantitative estimate of drug-likeness (QED) is 0.655. The van der Waals surface area contributed by atoms with E-state index in [1.54, 1.807) is 13.0 Å². The number of nitrogens with one attached hydrogen (secondary N) is 1. The summed E-state index contributed by atoms with van der Waals surface area (Å²) in [5.74, 6) is -0.476. The third-order valence-electron chi connectivity index (χ3n) is 3.20. The van der Waals surface area contributed by atoms with Crippen molar-refractivity contribution < 1.29 is 22.7 Å². The monoisotopic (exact) mass is 395 g/mol. The van der Waals surface area contributed by atoms with Crippen LogP contribution in [-0.4, -0.2) is 32.5 Å². The lowest BCUT2D eigenvalue weighted by atomic mass is 10.1. The van der Waals surface area contributed by atoms with Gasteiger partial charge in [-0.05, 0) is 25.1 Å². The number of anilines is 2. The molecule has 0 aromatic carbocycles. The summed E-state index contributed by atoms with van der Waals surface area (Å²) in [6.45, 7) is 1.73. The van der Waals surface area contributed by atoms with E-state index in [0.717, 1.165) is 29.7 Å². The smallest absolute Gasteiger partial charge is 0.416 e. The summed E-state index contributed by atoms with van der Waals surface area (Å²) in [7, 11) is 0. The zero-order valence-electron chi connectivity index (χ0n) is 13.8. The topological polar surface area (TPSA) is 89.9 Å². The van der Waals surface area contributed by atoms with Crippen molar-refractivity contribution in [3.63, 3.8) is 0 Å². The Morgan fingerprint density at radius 2 is 1.96 bits per heavy atom. The van der Waals surface area contributed by atoms with Gasteiger partial charge in [-0.25, -0.2) is 19.7 Å². The number of ether oxygens (including phenoxy) is 1. The van der Waals surface area contributed by atoms with Crippen molar-refractivity contribution in [2.75, 3.05) is 11.9 Å². The van der Waals surface area contributed by atoms with E-state index in [4.69, 9.17) is 4.74 Å². The molecule has 3 heterocycles. The van der Waals surface area contributed by atoms with E-state index in [1.807, 2.05) is 0 Å². The van der Waals surface area contributed by atoms with Gasteiger partial charge in [0, 0.05) is 18.6 Å². The molecule has 3 aromatic heterocycles. The lowest BCUT2D eigenvalue weighted by Gasteiger charge is -2.07. The van der Waals surface area contributed by atoms with E-state index in [-0.39, 0.29) is 34.0 Å². The molecule has 7 nitrogen and oxygen atoms in total. The zero-order valence-corrected chi connectivity index (χ0v) is 14.6. The molecule has 0 aliphatic rings. The first-order valence-corrected chi connectivity index (χ1v) is 8.45. The highest BCUT2D eigenvalue weighted by atomic mass is 32.1. The molecule has 0 fully saturated rings. The summed E-state index contributed by atoms with van der Waals surface area (Å²) in [6, 6.07) is 3.30. The third kappa shape index (κ3) is 4.37. The Morgan fingerprint density at radius 1 is 1.22 bits per heavy atom. The number of nitrogens with zero attached hydrogens (tertiary/aromatic N) is 4. The molecule has 0 saturated carbocycles. The second-order valence-electron chi connectivity index (χ2n) is 5.04. The van der Waals surface area contributed by atoms with E-state index < -0.39 is 17.7 Å². The fraction of sp³-hybridized carbons (Fsp3) is 0.188. The van der Waals surface area contributed by atoms with Crippen molar-refractivity contribution in [1.82, 2.24) is 19.9 Å². The van der Waals surface area contributed by atoms with Gasteiger partial charge in [0.1, 0.15) is 10.6 Å². The number of pyridine rings is 1. The van der Waals surface area contributed by atoms with Crippen molar-refractivity contribution in [3.05, 3.63) is 47.2 Å². The predicted molar refractivity (Wildman–Crippen MR) is 91.6 cm³/mol. The average molecular weight is 395 g/mol. The Hall–Kier alpha value is -3.08. The van der Waals surface area contributed by atoms with Crippen LogP contribution in [0.2, 0.25) is 0 Å². The molecule has 3 rings (SSSR count). The van der Waals surface area contributed by atoms with Gasteiger partial charge in [0.15, 0.2) is 5.13 Å². The van der Waals surface area contributed by atoms with Gasteiger partial charge in [0.25, 0.3) is 0 Å². The fourth-order valence-corrected chi connectivity index (χ4v) is 2.94. The SMILES string of the molecule is CCOC(=O)c1sc(Nc2ncccn2)nc1-c1cc(C(F)(F)F)ccn1.